The minimum atomic E-state index is -1.64. The third-order valence-corrected chi connectivity index (χ3v) is 2.56. The number of aldehydes is 1. The van der Waals surface area contributed by atoms with Crippen molar-refractivity contribution in [2.75, 3.05) is 6.61 Å². The summed E-state index contributed by atoms with van der Waals surface area (Å²) in [7, 11) is 0. The molecule has 120 valence electrons. The molecule has 20 heavy (non-hydrogen) atoms. The molecule has 0 radical (unpaired) electrons. The Balaban J connectivity index is 0. The molecule has 3 atom stereocenters. The highest BCUT2D eigenvalue weighted by Crippen LogP contribution is 2.04. The maximum absolute atomic E-state index is 10.0. The first kappa shape index (κ1) is 21.3. The Morgan fingerprint density at radius 2 is 1.65 bits per heavy atom. The lowest BCUT2D eigenvalue weighted by Crippen LogP contribution is -2.40. The Hall–Kier alpha value is -1.02. The van der Waals surface area contributed by atoms with Gasteiger partial charge in [0.05, 0.1) is 6.61 Å². The van der Waals surface area contributed by atoms with Gasteiger partial charge in [-0.2, -0.15) is 0 Å². The van der Waals surface area contributed by atoms with Crippen molar-refractivity contribution in [1.29, 1.82) is 0 Å². The summed E-state index contributed by atoms with van der Waals surface area (Å²) < 4.78 is 0. The van der Waals surface area contributed by atoms with E-state index in [1.54, 1.807) is 0 Å². The second-order valence-corrected chi connectivity index (χ2v) is 4.43. The number of aliphatic carboxylic acids is 1. The number of carboxylic acids is 1. The first-order valence-corrected chi connectivity index (χ1v) is 6.72. The molecule has 0 unspecified atom stereocenters. The van der Waals surface area contributed by atoms with E-state index >= 15 is 0 Å². The molecule has 0 aromatic heterocycles. The zero-order chi connectivity index (χ0) is 16.0. The Morgan fingerprint density at radius 3 is 2.05 bits per heavy atom. The molecule has 0 heterocycles. The van der Waals surface area contributed by atoms with Crippen LogP contribution in [0.5, 0.6) is 0 Å². The van der Waals surface area contributed by atoms with Crippen molar-refractivity contribution in [3.8, 4) is 0 Å². The summed E-state index contributed by atoms with van der Waals surface area (Å²) in [4.78, 5) is 19.8. The molecule has 0 aliphatic carbocycles. The van der Waals surface area contributed by atoms with E-state index in [-0.39, 0.29) is 6.29 Å². The van der Waals surface area contributed by atoms with Gasteiger partial charge < -0.3 is 30.3 Å². The third-order valence-electron chi connectivity index (χ3n) is 2.56. The molecule has 0 aliphatic heterocycles. The summed E-state index contributed by atoms with van der Waals surface area (Å²) in [6.45, 7) is 1.46. The van der Waals surface area contributed by atoms with Crippen LogP contribution in [-0.2, 0) is 9.59 Å². The van der Waals surface area contributed by atoms with E-state index in [9.17, 15) is 9.59 Å². The van der Waals surface area contributed by atoms with Gasteiger partial charge in [0.1, 0.15) is 18.3 Å². The predicted molar refractivity (Wildman–Crippen MR) is 72.2 cm³/mol. The van der Waals surface area contributed by atoms with E-state index in [1.165, 1.54) is 19.3 Å². The third kappa shape index (κ3) is 13.4. The van der Waals surface area contributed by atoms with Gasteiger partial charge in [-0.25, -0.2) is 0 Å². The molecule has 0 spiro atoms. The number of aliphatic hydroxyl groups excluding tert-OH is 4. The Bertz CT molecular complexity index is 245. The Kier molecular flexibility index (Phi) is 15.3. The molecule has 0 fully saturated rings. The van der Waals surface area contributed by atoms with Crippen molar-refractivity contribution < 1.29 is 35.1 Å². The molecular weight excluding hydrogens is 268 g/mol. The van der Waals surface area contributed by atoms with Gasteiger partial charge in [-0.05, 0) is 6.42 Å². The number of aliphatic hydroxyl groups is 4. The van der Waals surface area contributed by atoms with E-state index in [4.69, 9.17) is 25.5 Å². The summed E-state index contributed by atoms with van der Waals surface area (Å²) >= 11 is 0. The van der Waals surface area contributed by atoms with Crippen LogP contribution < -0.4 is 0 Å². The molecule has 0 aromatic rings. The lowest BCUT2D eigenvalue weighted by molar-refractivity contribution is -0.137. The van der Waals surface area contributed by atoms with Crippen molar-refractivity contribution in [2.24, 2.45) is 0 Å². The number of rotatable bonds is 10. The standard InChI is InChI=1S/C8H16O2.C5H10O5/c1-2-3-4-5-6-7-8(9)10;6-1-3(8)5(10)4(9)2-7/h2-7H2,1H3,(H,9,10);1,3-5,7-10H,2H2/t;3-,4+,5+/m.0/s1. The van der Waals surface area contributed by atoms with Crippen molar-refractivity contribution in [3.05, 3.63) is 0 Å². The topological polar surface area (TPSA) is 135 Å². The zero-order valence-corrected chi connectivity index (χ0v) is 11.8. The largest absolute Gasteiger partial charge is 0.481 e. The fraction of sp³-hybridized carbons (Fsp3) is 0.846. The minimum absolute atomic E-state index is 0.0869. The molecule has 0 saturated heterocycles. The van der Waals surface area contributed by atoms with Crippen LogP contribution in [0.1, 0.15) is 45.4 Å². The van der Waals surface area contributed by atoms with E-state index in [0.29, 0.717) is 6.42 Å². The monoisotopic (exact) mass is 294 g/mol. The molecule has 7 nitrogen and oxygen atoms in total. The number of unbranched alkanes of at least 4 members (excludes halogenated alkanes) is 4. The Labute approximate surface area is 118 Å². The van der Waals surface area contributed by atoms with E-state index in [1.807, 2.05) is 0 Å². The highest BCUT2D eigenvalue weighted by atomic mass is 16.4. The predicted octanol–water partition coefficient (Wildman–Crippen LogP) is -0.308. The van der Waals surface area contributed by atoms with Crippen LogP contribution in [0, 0.1) is 0 Å². The number of hydrogen-bond acceptors (Lipinski definition) is 6. The number of hydrogen-bond donors (Lipinski definition) is 5. The average molecular weight is 294 g/mol. The highest BCUT2D eigenvalue weighted by Gasteiger charge is 2.22. The quantitative estimate of drug-likeness (QED) is 0.275. The van der Waals surface area contributed by atoms with Crippen LogP contribution in [0.25, 0.3) is 0 Å². The van der Waals surface area contributed by atoms with Gasteiger partial charge in [-0.15, -0.1) is 0 Å². The van der Waals surface area contributed by atoms with E-state index in [0.717, 1.165) is 12.8 Å². The average Bonchev–Trinajstić information content (AvgIpc) is 2.44. The van der Waals surface area contributed by atoms with E-state index < -0.39 is 30.9 Å². The number of carbonyl (C=O) groups excluding carboxylic acids is 1. The minimum Gasteiger partial charge on any atom is -0.481 e. The van der Waals surface area contributed by atoms with Crippen molar-refractivity contribution in [2.45, 2.75) is 63.8 Å². The van der Waals surface area contributed by atoms with Crippen LogP contribution in [-0.4, -0.2) is 62.7 Å². The molecule has 0 aromatic carbocycles. The molecule has 0 saturated carbocycles. The van der Waals surface area contributed by atoms with Gasteiger partial charge in [-0.3, -0.25) is 4.79 Å². The second-order valence-electron chi connectivity index (χ2n) is 4.43. The molecule has 0 rings (SSSR count). The molecular formula is C13H26O7. The van der Waals surface area contributed by atoms with Crippen LogP contribution in [0.4, 0.5) is 0 Å². The first-order valence-electron chi connectivity index (χ1n) is 6.72. The van der Waals surface area contributed by atoms with Crippen molar-refractivity contribution >= 4 is 12.3 Å². The fourth-order valence-electron chi connectivity index (χ4n) is 1.30. The van der Waals surface area contributed by atoms with Gasteiger partial charge in [0, 0.05) is 6.42 Å². The fourth-order valence-corrected chi connectivity index (χ4v) is 1.30. The van der Waals surface area contributed by atoms with E-state index in [2.05, 4.69) is 6.92 Å². The Morgan fingerprint density at radius 1 is 1.10 bits per heavy atom. The van der Waals surface area contributed by atoms with Gasteiger partial charge in [-0.1, -0.05) is 32.6 Å². The highest BCUT2D eigenvalue weighted by molar-refractivity contribution is 5.66. The summed E-state index contributed by atoms with van der Waals surface area (Å²) in [5.41, 5.74) is 0. The normalized spacial score (nSPS) is 14.7. The molecule has 5 N–H and O–H groups in total. The van der Waals surface area contributed by atoms with Crippen LogP contribution >= 0.6 is 0 Å². The van der Waals surface area contributed by atoms with Crippen LogP contribution in [0.3, 0.4) is 0 Å². The number of carboxylic acid groups (broad SMARTS) is 1. The second kappa shape index (κ2) is 14.4. The SMILES string of the molecule is CCCCCCCC(=O)O.O=C[C@H](O)[C@@H](O)[C@H](O)CO. The lowest BCUT2D eigenvalue weighted by atomic mass is 10.1. The smallest absolute Gasteiger partial charge is 0.303 e. The zero-order valence-electron chi connectivity index (χ0n) is 11.8. The first-order chi connectivity index (χ1) is 9.40. The van der Waals surface area contributed by atoms with Gasteiger partial charge >= 0.3 is 5.97 Å². The lowest BCUT2D eigenvalue weighted by Gasteiger charge is -2.16. The van der Waals surface area contributed by atoms with Crippen molar-refractivity contribution in [1.82, 2.24) is 0 Å². The summed E-state index contributed by atoms with van der Waals surface area (Å²) in [6.07, 6.45) is 1.25. The molecule has 0 aliphatic rings. The van der Waals surface area contributed by atoms with Crippen molar-refractivity contribution in [3.63, 3.8) is 0 Å². The van der Waals surface area contributed by atoms with Gasteiger partial charge in [0.15, 0.2) is 6.29 Å². The van der Waals surface area contributed by atoms with Gasteiger partial charge in [0.25, 0.3) is 0 Å². The summed E-state index contributed by atoms with van der Waals surface area (Å²) in [5.74, 6) is -0.670. The van der Waals surface area contributed by atoms with Crippen LogP contribution in [0.15, 0.2) is 0 Å². The van der Waals surface area contributed by atoms with Gasteiger partial charge in [0.2, 0.25) is 0 Å². The van der Waals surface area contributed by atoms with Crippen LogP contribution in [0.2, 0.25) is 0 Å². The maximum atomic E-state index is 10.0. The molecule has 7 heteroatoms. The number of carbonyl (C=O) groups is 2. The molecule has 0 bridgehead atoms. The summed E-state index contributed by atoms with van der Waals surface area (Å²) in [6, 6.07) is 0. The molecule has 0 amide bonds. The summed E-state index contributed by atoms with van der Waals surface area (Å²) in [5, 5.41) is 42.3. The maximum Gasteiger partial charge on any atom is 0.303 e.